The summed E-state index contributed by atoms with van der Waals surface area (Å²) in [6.45, 7) is 3.08. The number of carboxylic acids is 1. The fraction of sp³-hybridized carbons (Fsp3) is 0.909. The van der Waals surface area contributed by atoms with Crippen LogP contribution in [0.25, 0.3) is 0 Å². The Bertz CT molecular complexity index is 202. The summed E-state index contributed by atoms with van der Waals surface area (Å²) in [5, 5.41) is 9.14. The van der Waals surface area contributed by atoms with E-state index >= 15 is 0 Å². The first-order valence-electron chi connectivity index (χ1n) is 5.68. The average Bonchev–Trinajstić information content (AvgIpc) is 2.71. The molecule has 1 fully saturated rings. The lowest BCUT2D eigenvalue weighted by Crippen LogP contribution is -2.48. The first kappa shape index (κ1) is 12.5. The second kappa shape index (κ2) is 6.08. The second-order valence-corrected chi connectivity index (χ2v) is 4.08. The quantitative estimate of drug-likeness (QED) is 0.726. The number of ether oxygens (including phenoxy) is 1. The van der Waals surface area contributed by atoms with E-state index in [1.165, 1.54) is 12.8 Å². The van der Waals surface area contributed by atoms with E-state index in [1.54, 1.807) is 7.11 Å². The van der Waals surface area contributed by atoms with Gasteiger partial charge in [-0.3, -0.25) is 9.69 Å². The summed E-state index contributed by atoms with van der Waals surface area (Å²) in [4.78, 5) is 13.2. The monoisotopic (exact) mass is 215 g/mol. The highest BCUT2D eigenvalue weighted by atomic mass is 16.5. The van der Waals surface area contributed by atoms with Gasteiger partial charge in [-0.05, 0) is 19.4 Å². The largest absolute Gasteiger partial charge is 0.480 e. The zero-order valence-electron chi connectivity index (χ0n) is 9.61. The Kier molecular flexibility index (Phi) is 5.05. The van der Waals surface area contributed by atoms with Gasteiger partial charge in [0.2, 0.25) is 0 Å². The summed E-state index contributed by atoms with van der Waals surface area (Å²) >= 11 is 0. The van der Waals surface area contributed by atoms with Gasteiger partial charge < -0.3 is 9.84 Å². The molecule has 0 bridgehead atoms. The highest BCUT2D eigenvalue weighted by Gasteiger charge is 2.31. The van der Waals surface area contributed by atoms with E-state index in [1.807, 2.05) is 6.92 Å². The normalized spacial score (nSPS) is 19.7. The zero-order valence-corrected chi connectivity index (χ0v) is 9.61. The number of rotatable bonds is 6. The zero-order chi connectivity index (χ0) is 11.3. The van der Waals surface area contributed by atoms with Gasteiger partial charge in [0, 0.05) is 13.2 Å². The van der Waals surface area contributed by atoms with Crippen LogP contribution in [0.3, 0.4) is 0 Å². The maximum Gasteiger partial charge on any atom is 0.323 e. The molecule has 1 aliphatic carbocycles. The van der Waals surface area contributed by atoms with Crippen LogP contribution in [0.1, 0.15) is 32.6 Å². The first-order chi connectivity index (χ1) is 7.20. The van der Waals surface area contributed by atoms with Crippen molar-refractivity contribution in [2.24, 2.45) is 0 Å². The van der Waals surface area contributed by atoms with E-state index in [0.717, 1.165) is 19.4 Å². The number of carbonyl (C=O) groups is 1. The standard InChI is InChI=1S/C11H21NO3/c1-3-12(9-6-4-5-7-9)10(8-15-2)11(13)14/h9-10H,3-8H2,1-2H3,(H,13,14). The minimum absolute atomic E-state index is 0.277. The Balaban J connectivity index is 2.63. The molecule has 0 amide bonds. The van der Waals surface area contributed by atoms with E-state index < -0.39 is 12.0 Å². The molecule has 0 saturated heterocycles. The molecule has 1 atom stereocenters. The number of carboxylic acid groups (broad SMARTS) is 1. The van der Waals surface area contributed by atoms with Gasteiger partial charge in [-0.2, -0.15) is 0 Å². The van der Waals surface area contributed by atoms with Gasteiger partial charge in [0.1, 0.15) is 6.04 Å². The van der Waals surface area contributed by atoms with Crippen molar-refractivity contribution < 1.29 is 14.6 Å². The number of nitrogens with zero attached hydrogens (tertiary/aromatic N) is 1. The molecule has 0 aromatic heterocycles. The molecule has 1 saturated carbocycles. The summed E-state index contributed by atoms with van der Waals surface area (Å²) in [5.74, 6) is -0.773. The van der Waals surface area contributed by atoms with Crippen LogP contribution in [0.15, 0.2) is 0 Å². The fourth-order valence-corrected chi connectivity index (χ4v) is 2.44. The van der Waals surface area contributed by atoms with Gasteiger partial charge in [-0.25, -0.2) is 0 Å². The Morgan fingerprint density at radius 1 is 1.53 bits per heavy atom. The topological polar surface area (TPSA) is 49.8 Å². The van der Waals surface area contributed by atoms with Crippen LogP contribution in [0.2, 0.25) is 0 Å². The first-order valence-corrected chi connectivity index (χ1v) is 5.68. The van der Waals surface area contributed by atoms with Crippen LogP contribution in [-0.2, 0) is 9.53 Å². The maximum atomic E-state index is 11.1. The molecule has 1 unspecified atom stereocenters. The second-order valence-electron chi connectivity index (χ2n) is 4.08. The van der Waals surface area contributed by atoms with E-state index in [2.05, 4.69) is 4.90 Å². The SMILES string of the molecule is CCN(C1CCCC1)C(COC)C(=O)O. The molecular formula is C11H21NO3. The lowest BCUT2D eigenvalue weighted by Gasteiger charge is -2.32. The number of methoxy groups -OCH3 is 1. The van der Waals surface area contributed by atoms with Crippen molar-refractivity contribution in [3.8, 4) is 0 Å². The number of hydrogen-bond donors (Lipinski definition) is 1. The van der Waals surface area contributed by atoms with Crippen LogP contribution in [0.5, 0.6) is 0 Å². The number of likely N-dealkylation sites (N-methyl/N-ethyl adjacent to an activating group) is 1. The summed E-state index contributed by atoms with van der Waals surface area (Å²) in [5.41, 5.74) is 0. The number of aliphatic carboxylic acids is 1. The van der Waals surface area contributed by atoms with Crippen molar-refractivity contribution in [2.75, 3.05) is 20.3 Å². The van der Waals surface area contributed by atoms with Gasteiger partial charge in [0.05, 0.1) is 6.61 Å². The van der Waals surface area contributed by atoms with Crippen LogP contribution in [0, 0.1) is 0 Å². The summed E-state index contributed by atoms with van der Waals surface area (Å²) in [7, 11) is 1.55. The van der Waals surface area contributed by atoms with Gasteiger partial charge >= 0.3 is 5.97 Å². The number of hydrogen-bond acceptors (Lipinski definition) is 3. The summed E-state index contributed by atoms with van der Waals surface area (Å²) in [6.07, 6.45) is 4.70. The molecule has 0 spiro atoms. The smallest absolute Gasteiger partial charge is 0.323 e. The highest BCUT2D eigenvalue weighted by Crippen LogP contribution is 2.25. The lowest BCUT2D eigenvalue weighted by atomic mass is 10.1. The van der Waals surface area contributed by atoms with Crippen molar-refractivity contribution in [3.05, 3.63) is 0 Å². The Hall–Kier alpha value is -0.610. The molecule has 1 rings (SSSR count). The lowest BCUT2D eigenvalue weighted by molar-refractivity contribution is -0.146. The minimum atomic E-state index is -0.773. The molecule has 0 aliphatic heterocycles. The maximum absolute atomic E-state index is 11.1. The Labute approximate surface area is 91.2 Å². The van der Waals surface area contributed by atoms with E-state index in [4.69, 9.17) is 9.84 Å². The molecule has 0 aromatic rings. The van der Waals surface area contributed by atoms with Crippen LogP contribution >= 0.6 is 0 Å². The van der Waals surface area contributed by atoms with E-state index in [-0.39, 0.29) is 6.61 Å². The molecule has 15 heavy (non-hydrogen) atoms. The molecule has 1 aliphatic rings. The predicted octanol–water partition coefficient (Wildman–Crippen LogP) is 1.35. The van der Waals surface area contributed by atoms with Crippen LogP contribution in [-0.4, -0.2) is 48.3 Å². The van der Waals surface area contributed by atoms with Crippen molar-refractivity contribution in [2.45, 2.75) is 44.7 Å². The Morgan fingerprint density at radius 2 is 2.13 bits per heavy atom. The Morgan fingerprint density at radius 3 is 2.53 bits per heavy atom. The van der Waals surface area contributed by atoms with Gasteiger partial charge in [-0.1, -0.05) is 19.8 Å². The van der Waals surface area contributed by atoms with Crippen molar-refractivity contribution >= 4 is 5.97 Å². The predicted molar refractivity (Wildman–Crippen MR) is 57.9 cm³/mol. The van der Waals surface area contributed by atoms with E-state index in [0.29, 0.717) is 6.04 Å². The molecule has 0 radical (unpaired) electrons. The third kappa shape index (κ3) is 3.18. The van der Waals surface area contributed by atoms with Crippen molar-refractivity contribution in [3.63, 3.8) is 0 Å². The molecule has 1 N–H and O–H groups in total. The molecule has 4 nitrogen and oxygen atoms in total. The van der Waals surface area contributed by atoms with Gasteiger partial charge in [0.15, 0.2) is 0 Å². The van der Waals surface area contributed by atoms with Crippen LogP contribution < -0.4 is 0 Å². The van der Waals surface area contributed by atoms with Crippen molar-refractivity contribution in [1.82, 2.24) is 4.90 Å². The molecule has 88 valence electrons. The minimum Gasteiger partial charge on any atom is -0.480 e. The molecule has 4 heteroatoms. The van der Waals surface area contributed by atoms with E-state index in [9.17, 15) is 4.79 Å². The van der Waals surface area contributed by atoms with Crippen molar-refractivity contribution in [1.29, 1.82) is 0 Å². The molecule has 0 aromatic carbocycles. The third-order valence-electron chi connectivity index (χ3n) is 3.17. The molecular weight excluding hydrogens is 194 g/mol. The third-order valence-corrected chi connectivity index (χ3v) is 3.17. The average molecular weight is 215 g/mol. The van der Waals surface area contributed by atoms with Gasteiger partial charge in [0.25, 0.3) is 0 Å². The summed E-state index contributed by atoms with van der Waals surface area (Å²) in [6, 6.07) is -0.0469. The molecule has 0 heterocycles. The van der Waals surface area contributed by atoms with Gasteiger partial charge in [-0.15, -0.1) is 0 Å². The highest BCUT2D eigenvalue weighted by molar-refractivity contribution is 5.73. The fourth-order valence-electron chi connectivity index (χ4n) is 2.44. The van der Waals surface area contributed by atoms with Crippen LogP contribution in [0.4, 0.5) is 0 Å². The summed E-state index contributed by atoms with van der Waals surface area (Å²) < 4.78 is 4.99.